The van der Waals surface area contributed by atoms with Crippen LogP contribution >= 0.6 is 0 Å². The van der Waals surface area contributed by atoms with Crippen molar-refractivity contribution in [3.63, 3.8) is 0 Å². The standard InChI is InChI=1S/C22H25N5O2/c1-29-20-5-3-19(4-6-20)27-13-12-24-21(27)16-26(14-17-8-10-23-11-9-17)15-18-2-7-22(28)25-18/h3-6,8-13,18H,2,7,14-16H2,1H3,(H,25,28)/t18-/m0/s1. The fraction of sp³-hybridized carbons (Fsp3) is 0.318. The number of benzene rings is 1. The van der Waals surface area contributed by atoms with Gasteiger partial charge in [-0.25, -0.2) is 4.98 Å². The zero-order valence-corrected chi connectivity index (χ0v) is 16.5. The molecular weight excluding hydrogens is 366 g/mol. The first-order valence-electron chi connectivity index (χ1n) is 9.78. The summed E-state index contributed by atoms with van der Waals surface area (Å²) in [7, 11) is 1.66. The highest BCUT2D eigenvalue weighted by atomic mass is 16.5. The Kier molecular flexibility index (Phi) is 5.86. The van der Waals surface area contributed by atoms with E-state index < -0.39 is 0 Å². The summed E-state index contributed by atoms with van der Waals surface area (Å²) in [5, 5.41) is 3.07. The second-order valence-corrected chi connectivity index (χ2v) is 7.24. The summed E-state index contributed by atoms with van der Waals surface area (Å²) in [6, 6.07) is 12.2. The second kappa shape index (κ2) is 8.87. The molecule has 0 unspecified atom stereocenters. The van der Waals surface area contributed by atoms with Crippen LogP contribution in [0.4, 0.5) is 0 Å². The molecule has 1 fully saturated rings. The Morgan fingerprint density at radius 1 is 1.14 bits per heavy atom. The molecule has 150 valence electrons. The molecule has 7 nitrogen and oxygen atoms in total. The third kappa shape index (κ3) is 4.81. The van der Waals surface area contributed by atoms with Gasteiger partial charge in [0.25, 0.3) is 0 Å². The van der Waals surface area contributed by atoms with Gasteiger partial charge in [0.15, 0.2) is 0 Å². The van der Waals surface area contributed by atoms with Crippen LogP contribution in [0.15, 0.2) is 61.2 Å². The molecule has 1 atom stereocenters. The summed E-state index contributed by atoms with van der Waals surface area (Å²) in [5.41, 5.74) is 2.23. The fourth-order valence-corrected chi connectivity index (χ4v) is 3.69. The van der Waals surface area contributed by atoms with Crippen molar-refractivity contribution in [1.82, 2.24) is 24.8 Å². The Morgan fingerprint density at radius 2 is 1.93 bits per heavy atom. The van der Waals surface area contributed by atoms with E-state index in [0.717, 1.165) is 36.8 Å². The van der Waals surface area contributed by atoms with Crippen LogP contribution in [0, 0.1) is 0 Å². The molecule has 2 aromatic heterocycles. The summed E-state index contributed by atoms with van der Waals surface area (Å²) >= 11 is 0. The third-order valence-corrected chi connectivity index (χ3v) is 5.15. The largest absolute Gasteiger partial charge is 0.497 e. The summed E-state index contributed by atoms with van der Waals surface area (Å²) in [5.74, 6) is 1.92. The topological polar surface area (TPSA) is 72.3 Å². The van der Waals surface area contributed by atoms with Crippen molar-refractivity contribution in [2.75, 3.05) is 13.7 Å². The van der Waals surface area contributed by atoms with Crippen molar-refractivity contribution in [2.24, 2.45) is 0 Å². The van der Waals surface area contributed by atoms with Gasteiger partial charge in [0.1, 0.15) is 11.6 Å². The molecule has 3 heterocycles. The summed E-state index contributed by atoms with van der Waals surface area (Å²) in [6.45, 7) is 2.22. The number of carbonyl (C=O) groups excluding carboxylic acids is 1. The van der Waals surface area contributed by atoms with E-state index >= 15 is 0 Å². The molecule has 4 rings (SSSR count). The molecule has 1 aliphatic heterocycles. The molecule has 0 bridgehead atoms. The van der Waals surface area contributed by atoms with Crippen molar-refractivity contribution < 1.29 is 9.53 Å². The molecule has 29 heavy (non-hydrogen) atoms. The maximum atomic E-state index is 11.6. The number of ether oxygens (including phenoxy) is 1. The molecule has 1 saturated heterocycles. The number of amides is 1. The van der Waals surface area contributed by atoms with Crippen LogP contribution in [0.1, 0.15) is 24.2 Å². The Balaban J connectivity index is 1.53. The maximum Gasteiger partial charge on any atom is 0.220 e. The quantitative estimate of drug-likeness (QED) is 0.639. The zero-order valence-electron chi connectivity index (χ0n) is 16.5. The summed E-state index contributed by atoms with van der Waals surface area (Å²) in [4.78, 5) is 22.7. The minimum atomic E-state index is 0.138. The minimum Gasteiger partial charge on any atom is -0.497 e. The smallest absolute Gasteiger partial charge is 0.220 e. The molecule has 0 aliphatic carbocycles. The van der Waals surface area contributed by atoms with E-state index in [-0.39, 0.29) is 11.9 Å². The van der Waals surface area contributed by atoms with Gasteiger partial charge in [0.05, 0.1) is 13.7 Å². The number of aromatic nitrogens is 3. The maximum absolute atomic E-state index is 11.6. The number of hydrogen-bond acceptors (Lipinski definition) is 5. The Hall–Kier alpha value is -3.19. The van der Waals surface area contributed by atoms with Crippen molar-refractivity contribution in [2.45, 2.75) is 32.0 Å². The van der Waals surface area contributed by atoms with Crippen molar-refractivity contribution in [1.29, 1.82) is 0 Å². The van der Waals surface area contributed by atoms with Gasteiger partial charge >= 0.3 is 0 Å². The number of nitrogens with zero attached hydrogens (tertiary/aromatic N) is 4. The predicted molar refractivity (Wildman–Crippen MR) is 110 cm³/mol. The Morgan fingerprint density at radius 3 is 2.62 bits per heavy atom. The second-order valence-electron chi connectivity index (χ2n) is 7.24. The minimum absolute atomic E-state index is 0.138. The van der Waals surface area contributed by atoms with Crippen LogP contribution in [-0.4, -0.2) is 45.0 Å². The number of methoxy groups -OCH3 is 1. The number of imidazole rings is 1. The Labute approximate surface area is 170 Å². The lowest BCUT2D eigenvalue weighted by molar-refractivity contribution is -0.119. The van der Waals surface area contributed by atoms with Crippen LogP contribution in [0.3, 0.4) is 0 Å². The highest BCUT2D eigenvalue weighted by Crippen LogP contribution is 2.19. The summed E-state index contributed by atoms with van der Waals surface area (Å²) in [6.07, 6.45) is 8.89. The number of pyridine rings is 1. The lowest BCUT2D eigenvalue weighted by Gasteiger charge is -2.25. The molecule has 0 radical (unpaired) electrons. The van der Waals surface area contributed by atoms with Gasteiger partial charge in [-0.2, -0.15) is 0 Å². The highest BCUT2D eigenvalue weighted by Gasteiger charge is 2.24. The first-order valence-corrected chi connectivity index (χ1v) is 9.78. The number of carbonyl (C=O) groups is 1. The number of hydrogen-bond donors (Lipinski definition) is 1. The molecule has 3 aromatic rings. The zero-order chi connectivity index (χ0) is 20.1. The van der Waals surface area contributed by atoms with Gasteiger partial charge < -0.3 is 14.6 Å². The van der Waals surface area contributed by atoms with Crippen LogP contribution in [0.5, 0.6) is 5.75 Å². The van der Waals surface area contributed by atoms with Crippen molar-refractivity contribution >= 4 is 5.91 Å². The average molecular weight is 391 g/mol. The van der Waals surface area contributed by atoms with E-state index in [1.807, 2.05) is 61.2 Å². The van der Waals surface area contributed by atoms with Crippen LogP contribution in [0.2, 0.25) is 0 Å². The molecule has 0 saturated carbocycles. The van der Waals surface area contributed by atoms with Gasteiger partial charge in [-0.15, -0.1) is 0 Å². The molecule has 1 aromatic carbocycles. The normalized spacial score (nSPS) is 16.2. The molecule has 0 spiro atoms. The fourth-order valence-electron chi connectivity index (χ4n) is 3.69. The lowest BCUT2D eigenvalue weighted by Crippen LogP contribution is -2.38. The first-order chi connectivity index (χ1) is 14.2. The van der Waals surface area contributed by atoms with Crippen molar-refractivity contribution in [3.8, 4) is 11.4 Å². The monoisotopic (exact) mass is 391 g/mol. The highest BCUT2D eigenvalue weighted by molar-refractivity contribution is 5.78. The lowest BCUT2D eigenvalue weighted by atomic mass is 10.2. The van der Waals surface area contributed by atoms with E-state index in [9.17, 15) is 4.79 Å². The molecule has 1 amide bonds. The van der Waals surface area contributed by atoms with E-state index in [0.29, 0.717) is 13.0 Å². The van der Waals surface area contributed by atoms with E-state index in [2.05, 4.69) is 24.8 Å². The van der Waals surface area contributed by atoms with Crippen molar-refractivity contribution in [3.05, 3.63) is 72.6 Å². The van der Waals surface area contributed by atoms with E-state index in [1.54, 1.807) is 7.11 Å². The van der Waals surface area contributed by atoms with E-state index in [4.69, 9.17) is 4.74 Å². The third-order valence-electron chi connectivity index (χ3n) is 5.15. The van der Waals surface area contributed by atoms with Gasteiger partial charge in [0.2, 0.25) is 5.91 Å². The van der Waals surface area contributed by atoms with Crippen LogP contribution in [-0.2, 0) is 17.9 Å². The average Bonchev–Trinajstić information content (AvgIpc) is 3.37. The van der Waals surface area contributed by atoms with Crippen LogP contribution < -0.4 is 10.1 Å². The van der Waals surface area contributed by atoms with Crippen LogP contribution in [0.25, 0.3) is 5.69 Å². The van der Waals surface area contributed by atoms with Gasteiger partial charge in [-0.3, -0.25) is 14.7 Å². The molecule has 7 heteroatoms. The number of nitrogens with one attached hydrogen (secondary N) is 1. The van der Waals surface area contributed by atoms with Gasteiger partial charge in [-0.05, 0) is 48.4 Å². The first kappa shape index (κ1) is 19.1. The van der Waals surface area contributed by atoms with Gasteiger partial charge in [0, 0.05) is 56.0 Å². The predicted octanol–water partition coefficient (Wildman–Crippen LogP) is 2.56. The SMILES string of the molecule is COc1ccc(-n2ccnc2CN(Cc2ccncc2)C[C@@H]2CCC(=O)N2)cc1. The Bertz CT molecular complexity index is 939. The molecular formula is C22H25N5O2. The number of rotatable bonds is 8. The van der Waals surface area contributed by atoms with Gasteiger partial charge in [-0.1, -0.05) is 0 Å². The molecule has 1 N–H and O–H groups in total. The molecule has 1 aliphatic rings. The van der Waals surface area contributed by atoms with E-state index in [1.165, 1.54) is 5.56 Å². The summed E-state index contributed by atoms with van der Waals surface area (Å²) < 4.78 is 7.35.